The number of hydrogen-bond acceptors (Lipinski definition) is 8. The number of alkyl carbamates (subject to hydrolysis) is 1. The van der Waals surface area contributed by atoms with Crippen LogP contribution in [0.5, 0.6) is 0 Å². The van der Waals surface area contributed by atoms with Crippen molar-refractivity contribution in [2.45, 2.75) is 88.9 Å². The monoisotopic (exact) mass is 628 g/mol. The van der Waals surface area contributed by atoms with Crippen molar-refractivity contribution < 1.29 is 42.9 Å². The summed E-state index contributed by atoms with van der Waals surface area (Å²) in [5.41, 5.74) is -0.686. The van der Waals surface area contributed by atoms with Gasteiger partial charge in [-0.05, 0) is 51.7 Å². The number of nitrogens with zero attached hydrogens (tertiary/aromatic N) is 2. The number of ether oxygens (including phenoxy) is 3. The van der Waals surface area contributed by atoms with Crippen LogP contribution in [-0.2, 0) is 36.9 Å². The summed E-state index contributed by atoms with van der Waals surface area (Å²) in [6.45, 7) is 10.5. The highest BCUT2D eigenvalue weighted by molar-refractivity contribution is 5.93. The number of amides is 3. The fraction of sp³-hybridized carbons (Fsp3) is 0.562. The maximum atomic E-state index is 14.3. The Balaban J connectivity index is 1.37. The van der Waals surface area contributed by atoms with Crippen molar-refractivity contribution in [1.29, 1.82) is 0 Å². The van der Waals surface area contributed by atoms with E-state index < -0.39 is 65.1 Å². The molecule has 5 atom stereocenters. The lowest BCUT2D eigenvalue weighted by Gasteiger charge is -2.33. The van der Waals surface area contributed by atoms with Gasteiger partial charge < -0.3 is 34.9 Å². The molecule has 0 radical (unpaired) electrons. The van der Waals surface area contributed by atoms with E-state index in [1.807, 2.05) is 0 Å². The smallest absolute Gasteiger partial charge is 0.410 e. The number of carboxylic acids is 1. The Hall–Kier alpha value is -4.13. The lowest BCUT2D eigenvalue weighted by atomic mass is 10.1. The van der Waals surface area contributed by atoms with E-state index in [2.05, 4.69) is 17.2 Å². The molecule has 1 aromatic rings. The van der Waals surface area contributed by atoms with Crippen molar-refractivity contribution in [1.82, 2.24) is 20.4 Å². The van der Waals surface area contributed by atoms with Gasteiger partial charge in [-0.15, -0.1) is 0 Å². The van der Waals surface area contributed by atoms with Gasteiger partial charge in [-0.3, -0.25) is 9.69 Å². The zero-order valence-electron chi connectivity index (χ0n) is 25.8. The number of hydrogen-bond donors (Lipinski definition) is 3. The van der Waals surface area contributed by atoms with E-state index in [9.17, 15) is 28.7 Å². The number of fused-ring (bicyclic) bond motifs is 3. The van der Waals surface area contributed by atoms with E-state index in [-0.39, 0.29) is 39.1 Å². The van der Waals surface area contributed by atoms with Crippen LogP contribution in [0.3, 0.4) is 0 Å². The SMILES string of the molecule is C=C1[C@@H](NC(=O)OC(C)(C)C)CCCOC/C=C\[C@@H]2C[C@@]2(C(=O)O)NC(=O)[C@@H]2C[C@@H](OC(=O)N3Cc4cccc(F)c4C3)CN12. The molecule has 13 heteroatoms. The third-order valence-electron chi connectivity index (χ3n) is 8.59. The van der Waals surface area contributed by atoms with Gasteiger partial charge in [0.05, 0.1) is 25.7 Å². The number of benzene rings is 1. The summed E-state index contributed by atoms with van der Waals surface area (Å²) >= 11 is 0. The molecule has 3 N–H and O–H groups in total. The van der Waals surface area contributed by atoms with Crippen LogP contribution in [0.1, 0.15) is 57.6 Å². The predicted octanol–water partition coefficient (Wildman–Crippen LogP) is 3.45. The molecule has 244 valence electrons. The molecular formula is C32H41FN4O8. The Bertz CT molecular complexity index is 1390. The number of carbonyl (C=O) groups is 4. The van der Waals surface area contributed by atoms with E-state index in [1.54, 1.807) is 50.0 Å². The average Bonchev–Trinajstić information content (AvgIpc) is 3.27. The quantitative estimate of drug-likeness (QED) is 0.429. The fourth-order valence-corrected chi connectivity index (χ4v) is 6.18. The first kappa shape index (κ1) is 32.3. The molecule has 45 heavy (non-hydrogen) atoms. The van der Waals surface area contributed by atoms with Crippen LogP contribution < -0.4 is 10.6 Å². The number of halogens is 1. The molecule has 4 aliphatic rings. The van der Waals surface area contributed by atoms with Crippen molar-refractivity contribution in [3.8, 4) is 0 Å². The van der Waals surface area contributed by atoms with Crippen LogP contribution in [0.15, 0.2) is 42.6 Å². The van der Waals surface area contributed by atoms with Gasteiger partial charge in [0.1, 0.15) is 29.1 Å². The topological polar surface area (TPSA) is 147 Å². The van der Waals surface area contributed by atoms with Gasteiger partial charge in [0, 0.05) is 36.8 Å². The van der Waals surface area contributed by atoms with Gasteiger partial charge in [-0.1, -0.05) is 30.9 Å². The van der Waals surface area contributed by atoms with Crippen molar-refractivity contribution >= 4 is 24.1 Å². The minimum atomic E-state index is -1.46. The van der Waals surface area contributed by atoms with Crippen molar-refractivity contribution in [2.24, 2.45) is 5.92 Å². The minimum absolute atomic E-state index is 0.0597. The fourth-order valence-electron chi connectivity index (χ4n) is 6.18. The molecule has 12 nitrogen and oxygen atoms in total. The standard InChI is InChI=1S/C32H41FN4O8/c1-19-25(34-29(41)45-31(2,3)4)11-7-13-43-12-6-9-21-15-32(21,28(39)40)35-27(38)26-14-22(17-37(19)26)44-30(42)36-16-20-8-5-10-24(33)23(20)18-36/h5-6,8-10,21-22,25-26H,1,7,11-18H2,2-4H3,(H,34,41)(H,35,38)(H,39,40)/b9-6-/t21-,22-,25+,26+,32-/m1/s1. The normalized spacial score (nSPS) is 29.2. The molecule has 1 aromatic carbocycles. The van der Waals surface area contributed by atoms with Gasteiger partial charge in [-0.25, -0.2) is 18.8 Å². The lowest BCUT2D eigenvalue weighted by Crippen LogP contribution is -2.53. The van der Waals surface area contributed by atoms with Gasteiger partial charge in [0.15, 0.2) is 0 Å². The average molecular weight is 629 g/mol. The van der Waals surface area contributed by atoms with Gasteiger partial charge in [0.25, 0.3) is 0 Å². The minimum Gasteiger partial charge on any atom is -0.479 e. The Morgan fingerprint density at radius 1 is 1.24 bits per heavy atom. The van der Waals surface area contributed by atoms with Gasteiger partial charge in [0.2, 0.25) is 5.91 Å². The van der Waals surface area contributed by atoms with Gasteiger partial charge >= 0.3 is 18.2 Å². The molecule has 2 fully saturated rings. The molecule has 1 saturated carbocycles. The molecule has 3 heterocycles. The second kappa shape index (κ2) is 12.7. The third kappa shape index (κ3) is 7.24. The Morgan fingerprint density at radius 3 is 2.73 bits per heavy atom. The highest BCUT2D eigenvalue weighted by Crippen LogP contribution is 2.45. The third-order valence-corrected chi connectivity index (χ3v) is 8.59. The van der Waals surface area contributed by atoms with Crippen molar-refractivity contribution in [3.63, 3.8) is 0 Å². The number of carboxylic acid groups (broad SMARTS) is 1. The summed E-state index contributed by atoms with van der Waals surface area (Å²) in [5, 5.41) is 15.6. The summed E-state index contributed by atoms with van der Waals surface area (Å²) in [7, 11) is 0. The van der Waals surface area contributed by atoms with Gasteiger partial charge in [-0.2, -0.15) is 0 Å². The number of nitrogens with one attached hydrogen (secondary N) is 2. The number of carbonyl (C=O) groups excluding carboxylic acids is 3. The van der Waals surface area contributed by atoms with Crippen LogP contribution in [0.25, 0.3) is 0 Å². The highest BCUT2D eigenvalue weighted by atomic mass is 19.1. The molecule has 5 rings (SSSR count). The van der Waals surface area contributed by atoms with Crippen LogP contribution in [-0.4, -0.2) is 88.1 Å². The second-order valence-electron chi connectivity index (χ2n) is 13.1. The zero-order chi connectivity index (χ0) is 32.5. The van der Waals surface area contributed by atoms with Crippen LogP contribution in [0, 0.1) is 11.7 Å². The summed E-state index contributed by atoms with van der Waals surface area (Å²) < 4.78 is 31.3. The van der Waals surface area contributed by atoms with E-state index in [4.69, 9.17) is 14.2 Å². The predicted molar refractivity (Wildman–Crippen MR) is 159 cm³/mol. The maximum Gasteiger partial charge on any atom is 0.410 e. The molecule has 0 spiro atoms. The van der Waals surface area contributed by atoms with Crippen molar-refractivity contribution in [3.05, 3.63) is 59.6 Å². The van der Waals surface area contributed by atoms with E-state index >= 15 is 0 Å². The number of rotatable bonds is 3. The first-order chi connectivity index (χ1) is 21.3. The molecule has 0 aromatic heterocycles. The summed E-state index contributed by atoms with van der Waals surface area (Å²) in [6, 6.07) is 3.10. The maximum absolute atomic E-state index is 14.3. The lowest BCUT2D eigenvalue weighted by molar-refractivity contribution is -0.144. The van der Waals surface area contributed by atoms with Crippen molar-refractivity contribution in [2.75, 3.05) is 19.8 Å². The first-order valence-electron chi connectivity index (χ1n) is 15.2. The van der Waals surface area contributed by atoms with E-state index in [0.717, 1.165) is 0 Å². The second-order valence-corrected chi connectivity index (χ2v) is 13.1. The molecule has 0 unspecified atom stereocenters. The molecule has 3 aliphatic heterocycles. The molecule has 3 amide bonds. The molecule has 1 aliphatic carbocycles. The largest absolute Gasteiger partial charge is 0.479 e. The highest BCUT2D eigenvalue weighted by Gasteiger charge is 2.61. The van der Waals surface area contributed by atoms with Crippen LogP contribution in [0.4, 0.5) is 14.0 Å². The molecular weight excluding hydrogens is 587 g/mol. The molecule has 1 saturated heterocycles. The molecule has 0 bridgehead atoms. The van der Waals surface area contributed by atoms with E-state index in [1.165, 1.54) is 11.0 Å². The van der Waals surface area contributed by atoms with Crippen LogP contribution in [0.2, 0.25) is 0 Å². The van der Waals surface area contributed by atoms with E-state index in [0.29, 0.717) is 36.3 Å². The first-order valence-corrected chi connectivity index (χ1v) is 15.2. The Labute approximate surface area is 261 Å². The van der Waals surface area contributed by atoms with Crippen LogP contribution >= 0.6 is 0 Å². The summed E-state index contributed by atoms with van der Waals surface area (Å²) in [5.74, 6) is -2.49. The Morgan fingerprint density at radius 2 is 2.02 bits per heavy atom. The zero-order valence-corrected chi connectivity index (χ0v) is 25.8. The summed E-state index contributed by atoms with van der Waals surface area (Å²) in [6.07, 6.45) is 2.66. The Kier molecular flexibility index (Phi) is 9.11. The summed E-state index contributed by atoms with van der Waals surface area (Å²) in [4.78, 5) is 55.2. The number of aliphatic carboxylic acids is 1.